The largest absolute Gasteiger partial charge is 0.358 e. The molecule has 0 aliphatic rings. The summed E-state index contributed by atoms with van der Waals surface area (Å²) in [6, 6.07) is 10.7. The first-order chi connectivity index (χ1) is 10.2. The first kappa shape index (κ1) is 13.8. The number of aryl methyl sites for hydroxylation is 2. The Kier molecular flexibility index (Phi) is 4.02. The number of nitrogens with one attached hydrogen (secondary N) is 2. The maximum Gasteiger partial charge on any atom is 0.0459 e. The molecule has 0 saturated carbocycles. The molecular formula is C18H21N3. The number of hydrogen-bond acceptors (Lipinski definition) is 2. The molecule has 0 fully saturated rings. The fraction of sp³-hybridized carbons (Fsp3) is 0.278. The lowest BCUT2D eigenvalue weighted by Crippen LogP contribution is -2.16. The highest BCUT2D eigenvalue weighted by Gasteiger charge is 2.07. The lowest BCUT2D eigenvalue weighted by molar-refractivity contribution is 0.686. The van der Waals surface area contributed by atoms with Crippen molar-refractivity contribution < 1.29 is 0 Å². The highest BCUT2D eigenvalue weighted by atomic mass is 14.8. The second kappa shape index (κ2) is 6.10. The molecule has 0 radical (unpaired) electrons. The highest BCUT2D eigenvalue weighted by molar-refractivity contribution is 5.85. The number of aromatic amines is 1. The number of fused-ring (bicyclic) bond motifs is 1. The van der Waals surface area contributed by atoms with Gasteiger partial charge in [-0.3, -0.25) is 4.98 Å². The average Bonchev–Trinajstić information content (AvgIpc) is 2.80. The highest BCUT2D eigenvalue weighted by Crippen LogP contribution is 2.23. The molecule has 0 aliphatic heterocycles. The van der Waals surface area contributed by atoms with Gasteiger partial charge in [0.05, 0.1) is 0 Å². The fourth-order valence-corrected chi connectivity index (χ4v) is 2.77. The number of rotatable bonds is 5. The van der Waals surface area contributed by atoms with Crippen molar-refractivity contribution >= 4 is 10.9 Å². The molecule has 1 aromatic carbocycles. The summed E-state index contributed by atoms with van der Waals surface area (Å²) >= 11 is 0. The summed E-state index contributed by atoms with van der Waals surface area (Å²) in [5.74, 6) is 0. The van der Waals surface area contributed by atoms with E-state index in [1.54, 1.807) is 0 Å². The average molecular weight is 279 g/mol. The quantitative estimate of drug-likeness (QED) is 0.702. The number of nitrogens with zero attached hydrogens (tertiary/aromatic N) is 1. The zero-order chi connectivity index (χ0) is 14.7. The van der Waals surface area contributed by atoms with E-state index in [0.29, 0.717) is 0 Å². The molecule has 2 N–H and O–H groups in total. The molecule has 0 saturated heterocycles. The van der Waals surface area contributed by atoms with Crippen molar-refractivity contribution in [2.45, 2.75) is 26.8 Å². The first-order valence-electron chi connectivity index (χ1n) is 7.41. The van der Waals surface area contributed by atoms with E-state index in [2.05, 4.69) is 47.3 Å². The maximum absolute atomic E-state index is 4.04. The molecule has 2 aromatic heterocycles. The minimum Gasteiger partial charge on any atom is -0.358 e. The third-order valence-corrected chi connectivity index (χ3v) is 3.91. The molecule has 0 atom stereocenters. The van der Waals surface area contributed by atoms with Crippen molar-refractivity contribution in [2.75, 3.05) is 6.54 Å². The monoisotopic (exact) mass is 279 g/mol. The zero-order valence-corrected chi connectivity index (χ0v) is 12.6. The van der Waals surface area contributed by atoms with Crippen LogP contribution >= 0.6 is 0 Å². The SMILES string of the molecule is Cc1ccc2[nH]c(C)c(CCNCc3ccncc3)c2c1. The number of H-pyrrole nitrogens is 1. The third kappa shape index (κ3) is 3.14. The number of benzene rings is 1. The number of aromatic nitrogens is 2. The second-order valence-corrected chi connectivity index (χ2v) is 5.56. The number of hydrogen-bond donors (Lipinski definition) is 2. The van der Waals surface area contributed by atoms with Crippen LogP contribution in [-0.4, -0.2) is 16.5 Å². The molecule has 3 heteroatoms. The molecule has 0 aliphatic carbocycles. The van der Waals surface area contributed by atoms with Crippen LogP contribution in [-0.2, 0) is 13.0 Å². The molecule has 3 nitrogen and oxygen atoms in total. The van der Waals surface area contributed by atoms with Crippen molar-refractivity contribution in [1.29, 1.82) is 0 Å². The lowest BCUT2D eigenvalue weighted by atomic mass is 10.1. The standard InChI is InChI=1S/C18H21N3/c1-13-3-4-18-17(11-13)16(14(2)21-18)7-10-20-12-15-5-8-19-9-6-15/h3-6,8-9,11,20-21H,7,10,12H2,1-2H3. The van der Waals surface area contributed by atoms with Crippen LogP contribution in [0.2, 0.25) is 0 Å². The predicted octanol–water partition coefficient (Wildman–Crippen LogP) is 3.51. The Hall–Kier alpha value is -2.13. The van der Waals surface area contributed by atoms with Crippen molar-refractivity contribution in [3.63, 3.8) is 0 Å². The van der Waals surface area contributed by atoms with E-state index in [-0.39, 0.29) is 0 Å². The van der Waals surface area contributed by atoms with Gasteiger partial charge in [-0.1, -0.05) is 11.6 Å². The van der Waals surface area contributed by atoms with Crippen molar-refractivity contribution in [3.05, 3.63) is 65.1 Å². The van der Waals surface area contributed by atoms with Crippen LogP contribution in [0.25, 0.3) is 10.9 Å². The second-order valence-electron chi connectivity index (χ2n) is 5.56. The molecule has 0 bridgehead atoms. The third-order valence-electron chi connectivity index (χ3n) is 3.91. The molecular weight excluding hydrogens is 258 g/mol. The van der Waals surface area contributed by atoms with Crippen molar-refractivity contribution in [1.82, 2.24) is 15.3 Å². The normalized spacial score (nSPS) is 11.1. The molecule has 0 amide bonds. The molecule has 108 valence electrons. The summed E-state index contributed by atoms with van der Waals surface area (Å²) in [6.07, 6.45) is 4.72. The van der Waals surface area contributed by atoms with Crippen LogP contribution in [0, 0.1) is 13.8 Å². The van der Waals surface area contributed by atoms with Gasteiger partial charge in [0.2, 0.25) is 0 Å². The van der Waals surface area contributed by atoms with Gasteiger partial charge in [-0.25, -0.2) is 0 Å². The van der Waals surface area contributed by atoms with Crippen LogP contribution in [0.15, 0.2) is 42.7 Å². The van der Waals surface area contributed by atoms with Crippen molar-refractivity contribution in [3.8, 4) is 0 Å². The van der Waals surface area contributed by atoms with E-state index < -0.39 is 0 Å². The van der Waals surface area contributed by atoms with E-state index in [0.717, 1.165) is 19.5 Å². The summed E-state index contributed by atoms with van der Waals surface area (Å²) in [6.45, 7) is 6.17. The van der Waals surface area contributed by atoms with E-state index in [1.807, 2.05) is 24.5 Å². The van der Waals surface area contributed by atoms with Gasteiger partial charge in [0.1, 0.15) is 0 Å². The Morgan fingerprint density at radius 3 is 2.71 bits per heavy atom. The van der Waals surface area contributed by atoms with Gasteiger partial charge in [-0.15, -0.1) is 0 Å². The fourth-order valence-electron chi connectivity index (χ4n) is 2.77. The van der Waals surface area contributed by atoms with Crippen LogP contribution in [0.3, 0.4) is 0 Å². The Morgan fingerprint density at radius 2 is 1.90 bits per heavy atom. The summed E-state index contributed by atoms with van der Waals surface area (Å²) in [5, 5.41) is 4.86. The van der Waals surface area contributed by atoms with Gasteiger partial charge >= 0.3 is 0 Å². The van der Waals surface area contributed by atoms with Crippen LogP contribution in [0.5, 0.6) is 0 Å². The molecule has 3 rings (SSSR count). The topological polar surface area (TPSA) is 40.7 Å². The van der Waals surface area contributed by atoms with E-state index in [1.165, 1.54) is 33.3 Å². The van der Waals surface area contributed by atoms with Gasteiger partial charge in [0.25, 0.3) is 0 Å². The Morgan fingerprint density at radius 1 is 1.10 bits per heavy atom. The molecule has 0 spiro atoms. The molecule has 2 heterocycles. The van der Waals surface area contributed by atoms with Crippen LogP contribution < -0.4 is 5.32 Å². The Bertz CT molecular complexity index is 729. The zero-order valence-electron chi connectivity index (χ0n) is 12.6. The van der Waals surface area contributed by atoms with Gasteiger partial charge in [0.15, 0.2) is 0 Å². The minimum absolute atomic E-state index is 0.892. The van der Waals surface area contributed by atoms with E-state index >= 15 is 0 Å². The minimum atomic E-state index is 0.892. The van der Waals surface area contributed by atoms with Crippen LogP contribution in [0.4, 0.5) is 0 Å². The van der Waals surface area contributed by atoms with E-state index in [4.69, 9.17) is 0 Å². The molecule has 3 aromatic rings. The summed E-state index contributed by atoms with van der Waals surface area (Å²) in [5.41, 5.74) is 6.53. The van der Waals surface area contributed by atoms with Crippen molar-refractivity contribution in [2.24, 2.45) is 0 Å². The molecule has 21 heavy (non-hydrogen) atoms. The summed E-state index contributed by atoms with van der Waals surface area (Å²) in [4.78, 5) is 7.51. The number of pyridine rings is 1. The summed E-state index contributed by atoms with van der Waals surface area (Å²) in [7, 11) is 0. The van der Waals surface area contributed by atoms with Gasteiger partial charge in [-0.2, -0.15) is 0 Å². The van der Waals surface area contributed by atoms with E-state index in [9.17, 15) is 0 Å². The first-order valence-corrected chi connectivity index (χ1v) is 7.41. The maximum atomic E-state index is 4.04. The Balaban J connectivity index is 1.65. The van der Waals surface area contributed by atoms with Gasteiger partial charge < -0.3 is 10.3 Å². The van der Waals surface area contributed by atoms with Crippen LogP contribution in [0.1, 0.15) is 22.4 Å². The smallest absolute Gasteiger partial charge is 0.0459 e. The molecule has 0 unspecified atom stereocenters. The predicted molar refractivity (Wildman–Crippen MR) is 87.4 cm³/mol. The summed E-state index contributed by atoms with van der Waals surface area (Å²) < 4.78 is 0. The van der Waals surface area contributed by atoms with Gasteiger partial charge in [-0.05, 0) is 62.2 Å². The Labute approximate surface area is 125 Å². The van der Waals surface area contributed by atoms with Gasteiger partial charge in [0, 0.05) is 35.5 Å². The lowest BCUT2D eigenvalue weighted by Gasteiger charge is -2.05.